The molecule has 3 rings (SSSR count). The Morgan fingerprint density at radius 2 is 1.73 bits per heavy atom. The Kier molecular flexibility index (Phi) is 4.93. The molecule has 5 heteroatoms. The Hall–Kier alpha value is -2.04. The number of anilines is 2. The monoisotopic (exact) mass is 327 g/mol. The second kappa shape index (κ2) is 7.29. The van der Waals surface area contributed by atoms with Crippen molar-refractivity contribution in [3.8, 4) is 0 Å². The van der Waals surface area contributed by atoms with E-state index in [9.17, 15) is 0 Å². The molecule has 0 atom stereocenters. The number of para-hydroxylation sites is 1. The van der Waals surface area contributed by atoms with Gasteiger partial charge in [0.2, 0.25) is 0 Å². The van der Waals surface area contributed by atoms with Gasteiger partial charge in [-0.15, -0.1) is 0 Å². The van der Waals surface area contributed by atoms with Gasteiger partial charge in [0.15, 0.2) is 5.16 Å². The molecule has 3 nitrogen and oxygen atoms in total. The van der Waals surface area contributed by atoms with Crippen molar-refractivity contribution in [3.05, 3.63) is 77.4 Å². The van der Waals surface area contributed by atoms with Crippen molar-refractivity contribution in [1.82, 2.24) is 9.97 Å². The lowest BCUT2D eigenvalue weighted by Gasteiger charge is -2.06. The molecule has 1 aromatic heterocycles. The summed E-state index contributed by atoms with van der Waals surface area (Å²) >= 11 is 7.49. The molecular formula is C17H14ClN3S. The van der Waals surface area contributed by atoms with Gasteiger partial charge in [0, 0.05) is 22.7 Å². The van der Waals surface area contributed by atoms with Gasteiger partial charge >= 0.3 is 0 Å². The molecule has 110 valence electrons. The fourth-order valence-electron chi connectivity index (χ4n) is 1.88. The highest BCUT2D eigenvalue weighted by Crippen LogP contribution is 2.22. The van der Waals surface area contributed by atoms with Gasteiger partial charge in [0.1, 0.15) is 5.82 Å². The highest BCUT2D eigenvalue weighted by atomic mass is 35.5. The first-order chi connectivity index (χ1) is 10.8. The van der Waals surface area contributed by atoms with Crippen molar-refractivity contribution < 1.29 is 0 Å². The molecule has 0 aliphatic rings. The van der Waals surface area contributed by atoms with Crippen LogP contribution in [0.1, 0.15) is 5.56 Å². The third-order valence-electron chi connectivity index (χ3n) is 2.96. The Bertz CT molecular complexity index is 732. The number of benzene rings is 2. The van der Waals surface area contributed by atoms with Crippen molar-refractivity contribution in [2.45, 2.75) is 10.9 Å². The molecule has 0 amide bonds. The Morgan fingerprint density at radius 1 is 0.955 bits per heavy atom. The van der Waals surface area contributed by atoms with Crippen LogP contribution in [0, 0.1) is 0 Å². The van der Waals surface area contributed by atoms with Gasteiger partial charge in [0.05, 0.1) is 0 Å². The fraction of sp³-hybridized carbons (Fsp3) is 0.0588. The lowest BCUT2D eigenvalue weighted by molar-refractivity contribution is 0.971. The number of halogens is 1. The highest BCUT2D eigenvalue weighted by molar-refractivity contribution is 7.98. The largest absolute Gasteiger partial charge is 0.340 e. The summed E-state index contributed by atoms with van der Waals surface area (Å²) in [5.74, 6) is 1.60. The first-order valence-electron chi connectivity index (χ1n) is 6.82. The first kappa shape index (κ1) is 14.9. The Labute approximate surface area is 138 Å². The van der Waals surface area contributed by atoms with Crippen LogP contribution in [0.2, 0.25) is 5.02 Å². The molecule has 0 bridgehead atoms. The molecule has 0 saturated carbocycles. The van der Waals surface area contributed by atoms with Gasteiger partial charge in [0.25, 0.3) is 0 Å². The van der Waals surface area contributed by atoms with Gasteiger partial charge in [-0.05, 0) is 35.9 Å². The van der Waals surface area contributed by atoms with Crippen LogP contribution >= 0.6 is 23.4 Å². The molecule has 2 aromatic carbocycles. The van der Waals surface area contributed by atoms with Crippen LogP contribution in [-0.4, -0.2) is 9.97 Å². The minimum absolute atomic E-state index is 0.746. The molecule has 0 aliphatic heterocycles. The summed E-state index contributed by atoms with van der Waals surface area (Å²) in [4.78, 5) is 8.81. The molecule has 0 saturated heterocycles. The van der Waals surface area contributed by atoms with E-state index in [0.717, 1.165) is 27.4 Å². The van der Waals surface area contributed by atoms with Crippen LogP contribution in [0.15, 0.2) is 72.0 Å². The number of thioether (sulfide) groups is 1. The predicted octanol–water partition coefficient (Wildman–Crippen LogP) is 5.17. The van der Waals surface area contributed by atoms with E-state index in [1.807, 2.05) is 60.7 Å². The van der Waals surface area contributed by atoms with E-state index in [0.29, 0.717) is 0 Å². The number of aromatic nitrogens is 2. The van der Waals surface area contributed by atoms with E-state index >= 15 is 0 Å². The Morgan fingerprint density at radius 3 is 2.50 bits per heavy atom. The quantitative estimate of drug-likeness (QED) is 0.518. The van der Waals surface area contributed by atoms with E-state index in [2.05, 4.69) is 15.3 Å². The third kappa shape index (κ3) is 4.23. The number of nitrogens with one attached hydrogen (secondary N) is 1. The van der Waals surface area contributed by atoms with Crippen molar-refractivity contribution in [3.63, 3.8) is 0 Å². The van der Waals surface area contributed by atoms with Crippen molar-refractivity contribution in [2.24, 2.45) is 0 Å². The third-order valence-corrected chi connectivity index (χ3v) is 4.15. The van der Waals surface area contributed by atoms with Crippen LogP contribution in [-0.2, 0) is 5.75 Å². The fourth-order valence-corrected chi connectivity index (χ4v) is 2.79. The summed E-state index contributed by atoms with van der Waals surface area (Å²) in [5, 5.41) is 4.76. The highest BCUT2D eigenvalue weighted by Gasteiger charge is 2.02. The molecular weight excluding hydrogens is 314 g/mol. The van der Waals surface area contributed by atoms with Crippen molar-refractivity contribution >= 4 is 34.9 Å². The maximum atomic E-state index is 5.89. The maximum absolute atomic E-state index is 5.89. The van der Waals surface area contributed by atoms with Gasteiger partial charge in [-0.3, -0.25) is 0 Å². The maximum Gasteiger partial charge on any atom is 0.189 e. The average molecular weight is 328 g/mol. The minimum atomic E-state index is 0.746. The standard InChI is InChI=1S/C17H14ClN3S/c18-14-8-6-13(7-9-14)12-22-17-19-11-10-16(21-17)20-15-4-2-1-3-5-15/h1-11H,12H2,(H,19,20,21). The SMILES string of the molecule is Clc1ccc(CSc2nccc(Nc3ccccc3)n2)cc1. The number of hydrogen-bond donors (Lipinski definition) is 1. The van der Waals surface area contributed by atoms with E-state index in [4.69, 9.17) is 11.6 Å². The topological polar surface area (TPSA) is 37.8 Å². The summed E-state index contributed by atoms with van der Waals surface area (Å²) in [6.07, 6.45) is 1.77. The average Bonchev–Trinajstić information content (AvgIpc) is 2.56. The lowest BCUT2D eigenvalue weighted by Crippen LogP contribution is -1.95. The van der Waals surface area contributed by atoms with E-state index < -0.39 is 0 Å². The lowest BCUT2D eigenvalue weighted by atomic mass is 10.2. The normalized spacial score (nSPS) is 10.4. The summed E-state index contributed by atoms with van der Waals surface area (Å²) in [6, 6.07) is 19.6. The van der Waals surface area contributed by atoms with Crippen LogP contribution in [0.25, 0.3) is 0 Å². The summed E-state index contributed by atoms with van der Waals surface area (Å²) < 4.78 is 0. The number of rotatable bonds is 5. The molecule has 1 heterocycles. The zero-order valence-electron chi connectivity index (χ0n) is 11.7. The second-order valence-corrected chi connectivity index (χ2v) is 6.01. The van der Waals surface area contributed by atoms with E-state index in [1.54, 1.807) is 18.0 Å². The van der Waals surface area contributed by atoms with Crippen molar-refractivity contribution in [1.29, 1.82) is 0 Å². The van der Waals surface area contributed by atoms with Crippen LogP contribution in [0.4, 0.5) is 11.5 Å². The van der Waals surface area contributed by atoms with Crippen LogP contribution in [0.3, 0.4) is 0 Å². The summed E-state index contributed by atoms with van der Waals surface area (Å²) in [5.41, 5.74) is 2.20. The molecule has 0 unspecified atom stereocenters. The van der Waals surface area contributed by atoms with Gasteiger partial charge in [-0.1, -0.05) is 53.7 Å². The molecule has 0 fully saturated rings. The van der Waals surface area contributed by atoms with E-state index in [1.165, 1.54) is 5.56 Å². The van der Waals surface area contributed by atoms with Crippen molar-refractivity contribution in [2.75, 3.05) is 5.32 Å². The van der Waals surface area contributed by atoms with Gasteiger partial charge in [-0.2, -0.15) is 0 Å². The van der Waals surface area contributed by atoms with Crippen LogP contribution in [0.5, 0.6) is 0 Å². The molecule has 0 radical (unpaired) electrons. The van der Waals surface area contributed by atoms with Gasteiger partial charge in [-0.25, -0.2) is 9.97 Å². The Balaban J connectivity index is 1.65. The molecule has 0 aliphatic carbocycles. The first-order valence-corrected chi connectivity index (χ1v) is 8.18. The molecule has 22 heavy (non-hydrogen) atoms. The molecule has 0 spiro atoms. The zero-order chi connectivity index (χ0) is 15.2. The minimum Gasteiger partial charge on any atom is -0.340 e. The van der Waals surface area contributed by atoms with Gasteiger partial charge < -0.3 is 5.32 Å². The zero-order valence-corrected chi connectivity index (χ0v) is 13.3. The molecule has 1 N–H and O–H groups in total. The smallest absolute Gasteiger partial charge is 0.189 e. The number of nitrogens with zero attached hydrogens (tertiary/aromatic N) is 2. The number of hydrogen-bond acceptors (Lipinski definition) is 4. The second-order valence-electron chi connectivity index (χ2n) is 4.63. The van der Waals surface area contributed by atoms with E-state index in [-0.39, 0.29) is 0 Å². The summed E-state index contributed by atoms with van der Waals surface area (Å²) in [6.45, 7) is 0. The summed E-state index contributed by atoms with van der Waals surface area (Å²) in [7, 11) is 0. The predicted molar refractivity (Wildman–Crippen MR) is 92.8 cm³/mol. The molecule has 3 aromatic rings. The van der Waals surface area contributed by atoms with Crippen LogP contribution < -0.4 is 5.32 Å².